The van der Waals surface area contributed by atoms with Crippen LogP contribution in [0.5, 0.6) is 0 Å². The lowest BCUT2D eigenvalue weighted by Crippen LogP contribution is -2.40. The smallest absolute Gasteiger partial charge is 0.335 e. The normalized spacial score (nSPS) is 12.2. The Bertz CT molecular complexity index is 880. The second-order valence-corrected chi connectivity index (χ2v) is 8.40. The predicted octanol–water partition coefficient (Wildman–Crippen LogP) is 3.44. The maximum atomic E-state index is 12.5. The minimum atomic E-state index is -3.63. The zero-order valence-corrected chi connectivity index (χ0v) is 14.9. The number of nitrogens with one attached hydrogen (secondary N) is 1. The van der Waals surface area contributed by atoms with Gasteiger partial charge < -0.3 is 5.11 Å². The van der Waals surface area contributed by atoms with Gasteiger partial charge in [0.25, 0.3) is 0 Å². The van der Waals surface area contributed by atoms with Gasteiger partial charge >= 0.3 is 5.97 Å². The maximum absolute atomic E-state index is 12.5. The Hall–Kier alpha value is -2.18. The van der Waals surface area contributed by atoms with Crippen molar-refractivity contribution in [2.45, 2.75) is 38.1 Å². The van der Waals surface area contributed by atoms with Crippen molar-refractivity contribution in [3.63, 3.8) is 0 Å². The summed E-state index contributed by atoms with van der Waals surface area (Å²) in [6.07, 6.45) is 0. The molecule has 0 fully saturated rings. The average molecular weight is 347 g/mol. The van der Waals surface area contributed by atoms with Gasteiger partial charge in [-0.15, -0.1) is 0 Å². The van der Waals surface area contributed by atoms with Gasteiger partial charge in [-0.25, -0.2) is 17.9 Å². The first kappa shape index (κ1) is 18.2. The van der Waals surface area contributed by atoms with E-state index < -0.39 is 21.5 Å². The van der Waals surface area contributed by atoms with Crippen molar-refractivity contribution < 1.29 is 18.3 Å². The van der Waals surface area contributed by atoms with Gasteiger partial charge in [0.05, 0.1) is 10.5 Å². The van der Waals surface area contributed by atoms with Crippen molar-refractivity contribution in [3.05, 3.63) is 53.6 Å². The van der Waals surface area contributed by atoms with E-state index in [2.05, 4.69) is 4.72 Å². The van der Waals surface area contributed by atoms with Crippen molar-refractivity contribution in [1.82, 2.24) is 4.72 Å². The van der Waals surface area contributed by atoms with Crippen LogP contribution >= 0.6 is 0 Å². The molecule has 24 heavy (non-hydrogen) atoms. The lowest BCUT2D eigenvalue weighted by molar-refractivity contribution is 0.0697. The fraction of sp³-hybridized carbons (Fsp3) is 0.278. The molecule has 0 saturated carbocycles. The van der Waals surface area contributed by atoms with Crippen LogP contribution in [0.4, 0.5) is 0 Å². The minimum Gasteiger partial charge on any atom is -0.478 e. The van der Waals surface area contributed by atoms with Gasteiger partial charge in [0, 0.05) is 5.54 Å². The number of aryl methyl sites for hydroxylation is 1. The third-order valence-corrected chi connectivity index (χ3v) is 5.12. The standard InChI is InChI=1S/C18H21NO4S/c1-12-10-14(17(20)21)8-9-16(12)13-6-5-7-15(11-13)24(22,23)19-18(2,3)4/h5-11,19H,1-4H3,(H,20,21). The average Bonchev–Trinajstić information content (AvgIpc) is 2.44. The largest absolute Gasteiger partial charge is 0.478 e. The lowest BCUT2D eigenvalue weighted by Gasteiger charge is -2.20. The van der Waals surface area contributed by atoms with E-state index in [4.69, 9.17) is 5.11 Å². The Balaban J connectivity index is 2.47. The first-order valence-electron chi connectivity index (χ1n) is 7.48. The summed E-state index contributed by atoms with van der Waals surface area (Å²) in [7, 11) is -3.63. The molecular weight excluding hydrogens is 326 g/mol. The highest BCUT2D eigenvalue weighted by Gasteiger charge is 2.22. The van der Waals surface area contributed by atoms with Crippen molar-refractivity contribution in [2.24, 2.45) is 0 Å². The molecule has 0 amide bonds. The molecule has 5 nitrogen and oxygen atoms in total. The summed E-state index contributed by atoms with van der Waals surface area (Å²) >= 11 is 0. The highest BCUT2D eigenvalue weighted by Crippen LogP contribution is 2.27. The summed E-state index contributed by atoms with van der Waals surface area (Å²) in [6, 6.07) is 11.4. The molecule has 6 heteroatoms. The second-order valence-electron chi connectivity index (χ2n) is 6.72. The van der Waals surface area contributed by atoms with Gasteiger partial charge in [0.1, 0.15) is 0 Å². The van der Waals surface area contributed by atoms with Crippen LogP contribution in [0.3, 0.4) is 0 Å². The molecule has 0 aromatic heterocycles. The van der Waals surface area contributed by atoms with Gasteiger partial charge in [-0.2, -0.15) is 0 Å². The van der Waals surface area contributed by atoms with E-state index in [-0.39, 0.29) is 10.5 Å². The molecule has 0 bridgehead atoms. The first-order chi connectivity index (χ1) is 11.0. The number of hydrogen-bond donors (Lipinski definition) is 2. The van der Waals surface area contributed by atoms with Crippen molar-refractivity contribution >= 4 is 16.0 Å². The Kier molecular flexibility index (Phi) is 4.82. The van der Waals surface area contributed by atoms with E-state index in [1.165, 1.54) is 6.07 Å². The fourth-order valence-electron chi connectivity index (χ4n) is 2.41. The third kappa shape index (κ3) is 4.21. The Labute approximate surface area is 142 Å². The maximum Gasteiger partial charge on any atom is 0.335 e. The molecular formula is C18H21NO4S. The van der Waals surface area contributed by atoms with Gasteiger partial charge in [-0.3, -0.25) is 0 Å². The molecule has 0 aliphatic heterocycles. The number of sulfonamides is 1. The molecule has 128 valence electrons. The summed E-state index contributed by atoms with van der Waals surface area (Å²) in [5, 5.41) is 9.04. The van der Waals surface area contributed by atoms with Crippen LogP contribution in [0.15, 0.2) is 47.4 Å². The molecule has 0 radical (unpaired) electrons. The van der Waals surface area contributed by atoms with Gasteiger partial charge in [0.15, 0.2) is 0 Å². The van der Waals surface area contributed by atoms with Crippen molar-refractivity contribution in [2.75, 3.05) is 0 Å². The molecule has 2 N–H and O–H groups in total. The monoisotopic (exact) mass is 347 g/mol. The molecule has 0 heterocycles. The minimum absolute atomic E-state index is 0.177. The van der Waals surface area contributed by atoms with Gasteiger partial charge in [0.2, 0.25) is 10.0 Å². The fourth-order valence-corrected chi connectivity index (χ4v) is 3.88. The number of hydrogen-bond acceptors (Lipinski definition) is 3. The molecule has 0 unspecified atom stereocenters. The van der Waals surface area contributed by atoms with Crippen LogP contribution in [0.2, 0.25) is 0 Å². The van der Waals surface area contributed by atoms with Crippen LogP contribution in [0, 0.1) is 6.92 Å². The van der Waals surface area contributed by atoms with E-state index in [1.54, 1.807) is 64.1 Å². The third-order valence-electron chi connectivity index (χ3n) is 3.37. The number of carboxylic acid groups (broad SMARTS) is 1. The van der Waals surface area contributed by atoms with Crippen LogP contribution in [0.1, 0.15) is 36.7 Å². The Morgan fingerprint density at radius 2 is 1.75 bits per heavy atom. The highest BCUT2D eigenvalue weighted by molar-refractivity contribution is 7.89. The summed E-state index contributed by atoms with van der Waals surface area (Å²) in [5.41, 5.74) is 1.92. The summed E-state index contributed by atoms with van der Waals surface area (Å²) in [4.78, 5) is 11.2. The summed E-state index contributed by atoms with van der Waals surface area (Å²) < 4.78 is 27.6. The highest BCUT2D eigenvalue weighted by atomic mass is 32.2. The molecule has 0 aliphatic rings. The molecule has 0 spiro atoms. The zero-order valence-electron chi connectivity index (χ0n) is 14.1. The Morgan fingerprint density at radius 1 is 1.08 bits per heavy atom. The number of aromatic carboxylic acids is 1. The van der Waals surface area contributed by atoms with Crippen molar-refractivity contribution in [1.29, 1.82) is 0 Å². The second kappa shape index (κ2) is 6.37. The molecule has 0 atom stereocenters. The number of benzene rings is 2. The lowest BCUT2D eigenvalue weighted by atomic mass is 9.98. The molecule has 2 rings (SSSR count). The van der Waals surface area contributed by atoms with E-state index >= 15 is 0 Å². The topological polar surface area (TPSA) is 83.5 Å². The van der Waals surface area contributed by atoms with E-state index in [9.17, 15) is 13.2 Å². The Morgan fingerprint density at radius 3 is 2.29 bits per heavy atom. The zero-order chi connectivity index (χ0) is 18.1. The predicted molar refractivity (Wildman–Crippen MR) is 93.6 cm³/mol. The number of rotatable bonds is 4. The van der Waals surface area contributed by atoms with Crippen LogP contribution in [-0.2, 0) is 10.0 Å². The van der Waals surface area contributed by atoms with E-state index in [0.717, 1.165) is 16.7 Å². The number of carboxylic acids is 1. The van der Waals surface area contributed by atoms with Crippen molar-refractivity contribution in [3.8, 4) is 11.1 Å². The molecule has 2 aromatic rings. The van der Waals surface area contributed by atoms with Crippen LogP contribution in [0.25, 0.3) is 11.1 Å². The number of carbonyl (C=O) groups is 1. The SMILES string of the molecule is Cc1cc(C(=O)O)ccc1-c1cccc(S(=O)(=O)NC(C)(C)C)c1. The van der Waals surface area contributed by atoms with E-state index in [1.807, 2.05) is 0 Å². The summed E-state index contributed by atoms with van der Waals surface area (Å²) in [5.74, 6) is -0.990. The van der Waals surface area contributed by atoms with Gasteiger partial charge in [-0.05, 0) is 68.7 Å². The van der Waals surface area contributed by atoms with Crippen LogP contribution in [-0.4, -0.2) is 25.0 Å². The summed E-state index contributed by atoms with van der Waals surface area (Å²) in [6.45, 7) is 7.14. The quantitative estimate of drug-likeness (QED) is 0.887. The first-order valence-corrected chi connectivity index (χ1v) is 8.96. The molecule has 2 aromatic carbocycles. The molecule has 0 aliphatic carbocycles. The van der Waals surface area contributed by atoms with E-state index in [0.29, 0.717) is 0 Å². The van der Waals surface area contributed by atoms with Gasteiger partial charge in [-0.1, -0.05) is 18.2 Å². The van der Waals surface area contributed by atoms with Crippen LogP contribution < -0.4 is 4.72 Å². The molecule has 0 saturated heterocycles.